The van der Waals surface area contributed by atoms with Gasteiger partial charge in [-0.2, -0.15) is 0 Å². The number of nitrogens with zero attached hydrogens (tertiary/aromatic N) is 1. The topological polar surface area (TPSA) is 53.4 Å². The van der Waals surface area contributed by atoms with Gasteiger partial charge in [0.05, 0.1) is 0 Å². The van der Waals surface area contributed by atoms with Gasteiger partial charge >= 0.3 is 0 Å². The second-order valence-corrected chi connectivity index (χ2v) is 2.71. The summed E-state index contributed by atoms with van der Waals surface area (Å²) in [7, 11) is 2.00. The van der Waals surface area contributed by atoms with Crippen molar-refractivity contribution in [2.24, 2.45) is 0 Å². The van der Waals surface area contributed by atoms with Crippen molar-refractivity contribution in [3.63, 3.8) is 0 Å². The molecule has 101 valence electrons. The molecular weight excluding hydrogens is 406 g/mol. The van der Waals surface area contributed by atoms with Gasteiger partial charge in [0.1, 0.15) is 0 Å². The van der Waals surface area contributed by atoms with Crippen molar-refractivity contribution in [2.75, 3.05) is 14.2 Å². The molecule has 2 N–H and O–H groups in total. The van der Waals surface area contributed by atoms with Crippen molar-refractivity contribution in [3.05, 3.63) is 54.2 Å². The van der Waals surface area contributed by atoms with Crippen molar-refractivity contribution in [1.29, 1.82) is 0 Å². The van der Waals surface area contributed by atoms with E-state index in [9.17, 15) is 0 Å². The average molecular weight is 428 g/mol. The Balaban J connectivity index is 0. The van der Waals surface area contributed by atoms with Crippen molar-refractivity contribution in [2.45, 2.75) is 6.85 Å². The summed E-state index contributed by atoms with van der Waals surface area (Å²) in [4.78, 5) is 4.12. The van der Waals surface area contributed by atoms with Crippen LogP contribution in [-0.2, 0) is 20.1 Å². The Bertz CT molecular complexity index is 476. The standard InChI is InChI=1S/C12H10N.2CH4O.Ir/c1-10-7-8-12(13-9-10)11-5-3-2-4-6-11;2*1-2;/h2-5,7-9H,1H3;2*2H,1H3;/q-1;;;/i1D3;;;. The number of aromatic nitrogens is 1. The maximum atomic E-state index is 7.23. The first kappa shape index (κ1) is 13.4. The van der Waals surface area contributed by atoms with Gasteiger partial charge in [-0.3, -0.25) is 0 Å². The summed E-state index contributed by atoms with van der Waals surface area (Å²) in [5.41, 5.74) is 1.85. The number of aliphatic hydroxyl groups is 2. The van der Waals surface area contributed by atoms with Gasteiger partial charge in [-0.1, -0.05) is 12.1 Å². The zero-order valence-electron chi connectivity index (χ0n) is 13.2. The smallest absolute Gasteiger partial charge is 0.0319 e. The fourth-order valence-corrected chi connectivity index (χ4v) is 1.11. The van der Waals surface area contributed by atoms with Gasteiger partial charge in [-0.15, -0.1) is 35.9 Å². The number of aryl methyl sites for hydroxylation is 1. The van der Waals surface area contributed by atoms with Crippen molar-refractivity contribution >= 4 is 0 Å². The normalized spacial score (nSPS) is 11.0. The van der Waals surface area contributed by atoms with Gasteiger partial charge in [-0.25, -0.2) is 0 Å². The number of hydrogen-bond acceptors (Lipinski definition) is 3. The van der Waals surface area contributed by atoms with E-state index in [0.717, 1.165) is 25.5 Å². The van der Waals surface area contributed by atoms with Crippen molar-refractivity contribution in [3.8, 4) is 11.3 Å². The SMILES string of the molecule is CO.CO.[2H]C([2H])([2H])c1ccc(-c2[c-]cccc2)nc1.[Ir]. The monoisotopic (exact) mass is 428 g/mol. The van der Waals surface area contributed by atoms with Crippen LogP contribution in [0.3, 0.4) is 0 Å². The Morgan fingerprint density at radius 2 is 1.83 bits per heavy atom. The van der Waals surface area contributed by atoms with Gasteiger partial charge in [0.15, 0.2) is 0 Å². The second-order valence-electron chi connectivity index (χ2n) is 2.71. The molecule has 1 heterocycles. The van der Waals surface area contributed by atoms with E-state index in [1.807, 2.05) is 18.2 Å². The van der Waals surface area contributed by atoms with Crippen LogP contribution in [0.15, 0.2) is 42.6 Å². The van der Waals surface area contributed by atoms with E-state index < -0.39 is 6.85 Å². The molecule has 0 bridgehead atoms. The first-order valence-corrected chi connectivity index (χ1v) is 4.90. The van der Waals surface area contributed by atoms with Crippen LogP contribution in [0.2, 0.25) is 0 Å². The summed E-state index contributed by atoms with van der Waals surface area (Å²) in [5, 5.41) is 14.0. The minimum atomic E-state index is -2.09. The molecule has 0 aliphatic carbocycles. The fourth-order valence-electron chi connectivity index (χ4n) is 1.11. The molecule has 2 rings (SSSR count). The Kier molecular flexibility index (Phi) is 9.21. The molecule has 1 radical (unpaired) electrons. The molecule has 18 heavy (non-hydrogen) atoms. The molecular formula is C14H18IrNO2-. The van der Waals surface area contributed by atoms with E-state index in [1.165, 1.54) is 6.20 Å². The number of rotatable bonds is 1. The van der Waals surface area contributed by atoms with Crippen molar-refractivity contribution in [1.82, 2.24) is 4.98 Å². The number of benzene rings is 1. The van der Waals surface area contributed by atoms with Gasteiger partial charge in [0.25, 0.3) is 0 Å². The first-order valence-electron chi connectivity index (χ1n) is 6.40. The van der Waals surface area contributed by atoms with Crippen LogP contribution in [0.4, 0.5) is 0 Å². The zero-order chi connectivity index (χ0) is 15.6. The Labute approximate surface area is 126 Å². The van der Waals surface area contributed by atoms with Gasteiger partial charge in [0, 0.05) is 44.6 Å². The van der Waals surface area contributed by atoms with Gasteiger partial charge in [-0.05, 0) is 18.1 Å². The fraction of sp³-hybridized carbons (Fsp3) is 0.214. The second kappa shape index (κ2) is 12.4. The summed E-state index contributed by atoms with van der Waals surface area (Å²) in [6.45, 7) is -2.09. The number of aliphatic hydroxyl groups excluding tert-OH is 2. The molecule has 4 heteroatoms. The van der Waals surface area contributed by atoms with Gasteiger partial charge in [0.2, 0.25) is 0 Å². The largest absolute Gasteiger partial charge is 0.400 e. The van der Waals surface area contributed by atoms with E-state index in [-0.39, 0.29) is 25.7 Å². The summed E-state index contributed by atoms with van der Waals surface area (Å²) in [6, 6.07) is 13.8. The summed E-state index contributed by atoms with van der Waals surface area (Å²) < 4.78 is 21.7. The predicted octanol–water partition coefficient (Wildman–Crippen LogP) is 2.07. The van der Waals surface area contributed by atoms with Crippen LogP contribution in [0.5, 0.6) is 0 Å². The molecule has 1 aromatic heterocycles. The van der Waals surface area contributed by atoms with E-state index >= 15 is 0 Å². The molecule has 0 atom stereocenters. The minimum absolute atomic E-state index is 0. The molecule has 0 aliphatic heterocycles. The average Bonchev–Trinajstić information content (AvgIpc) is 2.51. The van der Waals surface area contributed by atoms with E-state index in [1.54, 1.807) is 18.2 Å². The third-order valence-corrected chi connectivity index (χ3v) is 1.75. The Morgan fingerprint density at radius 1 is 1.11 bits per heavy atom. The molecule has 3 nitrogen and oxygen atoms in total. The molecule has 2 aromatic rings. The quantitative estimate of drug-likeness (QED) is 0.686. The van der Waals surface area contributed by atoms with Crippen LogP contribution in [0.1, 0.15) is 9.68 Å². The molecule has 0 spiro atoms. The third-order valence-electron chi connectivity index (χ3n) is 1.75. The van der Waals surface area contributed by atoms with Crippen molar-refractivity contribution < 1.29 is 34.4 Å². The maximum absolute atomic E-state index is 7.23. The first-order chi connectivity index (χ1) is 9.57. The number of hydrogen-bond donors (Lipinski definition) is 2. The van der Waals surface area contributed by atoms with Crippen LogP contribution in [-0.4, -0.2) is 29.4 Å². The third kappa shape index (κ3) is 6.62. The van der Waals surface area contributed by atoms with E-state index in [4.69, 9.17) is 14.3 Å². The number of pyridine rings is 1. The molecule has 0 saturated carbocycles. The predicted molar refractivity (Wildman–Crippen MR) is 69.5 cm³/mol. The van der Waals surface area contributed by atoms with E-state index in [0.29, 0.717) is 0 Å². The molecule has 1 aromatic carbocycles. The van der Waals surface area contributed by atoms with Crippen LogP contribution < -0.4 is 0 Å². The Hall–Kier alpha value is -1.06. The minimum Gasteiger partial charge on any atom is -0.400 e. The maximum Gasteiger partial charge on any atom is 0.0319 e. The van der Waals surface area contributed by atoms with Crippen LogP contribution >= 0.6 is 0 Å². The van der Waals surface area contributed by atoms with E-state index in [2.05, 4.69) is 11.1 Å². The van der Waals surface area contributed by atoms with Crippen LogP contribution in [0.25, 0.3) is 11.3 Å². The zero-order valence-corrected chi connectivity index (χ0v) is 12.6. The molecule has 0 fully saturated rings. The summed E-state index contributed by atoms with van der Waals surface area (Å²) in [5.74, 6) is 0. The molecule has 0 unspecified atom stereocenters. The Morgan fingerprint density at radius 3 is 2.28 bits per heavy atom. The summed E-state index contributed by atoms with van der Waals surface area (Å²) in [6.07, 6.45) is 1.39. The molecule has 0 saturated heterocycles. The summed E-state index contributed by atoms with van der Waals surface area (Å²) >= 11 is 0. The van der Waals surface area contributed by atoms with Gasteiger partial charge < -0.3 is 15.2 Å². The van der Waals surface area contributed by atoms with Crippen LogP contribution in [0, 0.1) is 12.9 Å². The molecule has 0 amide bonds. The molecule has 0 aliphatic rings.